The second-order valence-electron chi connectivity index (χ2n) is 5.03. The van der Waals surface area contributed by atoms with Gasteiger partial charge < -0.3 is 14.4 Å². The molecule has 0 aliphatic carbocycles. The van der Waals surface area contributed by atoms with E-state index in [-0.39, 0.29) is 0 Å². The van der Waals surface area contributed by atoms with Crippen LogP contribution in [0, 0.1) is 17.2 Å². The minimum absolute atomic E-state index is 0.523. The van der Waals surface area contributed by atoms with Crippen molar-refractivity contribution in [1.82, 2.24) is 4.90 Å². The maximum Gasteiger partial charge on any atom is 0.178 e. The number of nitriles is 1. The molecule has 1 atom stereocenters. The predicted molar refractivity (Wildman–Crippen MR) is 73.4 cm³/mol. The average Bonchev–Trinajstić information content (AvgIpc) is 2.44. The van der Waals surface area contributed by atoms with Crippen LogP contribution >= 0.6 is 0 Å². The molecule has 4 nitrogen and oxygen atoms in total. The SMILES string of the molecule is COc1cccc(C#N)c1OCC1CCCN(C)C1. The van der Waals surface area contributed by atoms with Crippen LogP contribution < -0.4 is 9.47 Å². The van der Waals surface area contributed by atoms with Crippen molar-refractivity contribution in [3.63, 3.8) is 0 Å². The molecule has 1 aliphatic rings. The molecule has 0 radical (unpaired) electrons. The van der Waals surface area contributed by atoms with Gasteiger partial charge in [0, 0.05) is 12.5 Å². The first-order valence-electron chi connectivity index (χ1n) is 6.63. The molecule has 1 fully saturated rings. The van der Waals surface area contributed by atoms with Crippen LogP contribution in [0.5, 0.6) is 11.5 Å². The molecule has 4 heteroatoms. The van der Waals surface area contributed by atoms with Gasteiger partial charge in [-0.3, -0.25) is 0 Å². The minimum Gasteiger partial charge on any atom is -0.493 e. The van der Waals surface area contributed by atoms with Gasteiger partial charge >= 0.3 is 0 Å². The van der Waals surface area contributed by atoms with Gasteiger partial charge in [-0.1, -0.05) is 6.07 Å². The molecule has 1 unspecified atom stereocenters. The van der Waals surface area contributed by atoms with E-state index in [9.17, 15) is 0 Å². The number of hydrogen-bond donors (Lipinski definition) is 0. The van der Waals surface area contributed by atoms with Crippen molar-refractivity contribution in [1.29, 1.82) is 5.26 Å². The third kappa shape index (κ3) is 3.39. The molecule has 1 heterocycles. The van der Waals surface area contributed by atoms with Crippen molar-refractivity contribution in [2.75, 3.05) is 33.9 Å². The maximum atomic E-state index is 9.12. The van der Waals surface area contributed by atoms with Crippen molar-refractivity contribution >= 4 is 0 Å². The highest BCUT2D eigenvalue weighted by Crippen LogP contribution is 2.31. The molecular formula is C15H20N2O2. The standard InChI is InChI=1S/C15H20N2O2/c1-17-8-4-5-12(10-17)11-19-15-13(9-16)6-3-7-14(15)18-2/h3,6-7,12H,4-5,8,10-11H2,1-2H3. The number of methoxy groups -OCH3 is 1. The van der Waals surface area contributed by atoms with Gasteiger partial charge in [-0.2, -0.15) is 5.26 Å². The van der Waals surface area contributed by atoms with Gasteiger partial charge in [0.25, 0.3) is 0 Å². The zero-order chi connectivity index (χ0) is 13.7. The van der Waals surface area contributed by atoms with Gasteiger partial charge in [-0.15, -0.1) is 0 Å². The lowest BCUT2D eigenvalue weighted by atomic mass is 9.99. The Morgan fingerprint density at radius 3 is 3.00 bits per heavy atom. The summed E-state index contributed by atoms with van der Waals surface area (Å²) in [6.07, 6.45) is 2.39. The van der Waals surface area contributed by atoms with Gasteiger partial charge in [-0.25, -0.2) is 0 Å². The Bertz CT molecular complexity index is 468. The zero-order valence-corrected chi connectivity index (χ0v) is 11.6. The Hall–Kier alpha value is -1.73. The summed E-state index contributed by atoms with van der Waals surface area (Å²) in [4.78, 5) is 2.32. The quantitative estimate of drug-likeness (QED) is 0.833. The number of benzene rings is 1. The molecular weight excluding hydrogens is 240 g/mol. The van der Waals surface area contributed by atoms with Gasteiger partial charge in [0.2, 0.25) is 0 Å². The number of piperidine rings is 1. The van der Waals surface area contributed by atoms with E-state index in [0.29, 0.717) is 29.6 Å². The van der Waals surface area contributed by atoms with E-state index in [1.54, 1.807) is 19.2 Å². The van der Waals surface area contributed by atoms with E-state index in [4.69, 9.17) is 14.7 Å². The molecule has 2 rings (SSSR count). The molecule has 1 aromatic rings. The van der Waals surface area contributed by atoms with Gasteiger partial charge in [0.1, 0.15) is 6.07 Å². The third-order valence-electron chi connectivity index (χ3n) is 3.50. The van der Waals surface area contributed by atoms with Crippen LogP contribution in [0.25, 0.3) is 0 Å². The average molecular weight is 260 g/mol. The number of likely N-dealkylation sites (tertiary alicyclic amines) is 1. The summed E-state index contributed by atoms with van der Waals surface area (Å²) in [5, 5.41) is 9.12. The Morgan fingerprint density at radius 2 is 2.32 bits per heavy atom. The second-order valence-corrected chi connectivity index (χ2v) is 5.03. The van der Waals surface area contributed by atoms with Crippen molar-refractivity contribution in [3.05, 3.63) is 23.8 Å². The highest BCUT2D eigenvalue weighted by atomic mass is 16.5. The monoisotopic (exact) mass is 260 g/mol. The molecule has 1 aliphatic heterocycles. The summed E-state index contributed by atoms with van der Waals surface area (Å²) < 4.78 is 11.1. The van der Waals surface area contributed by atoms with Crippen LogP contribution in [-0.2, 0) is 0 Å². The largest absolute Gasteiger partial charge is 0.493 e. The Labute approximate surface area is 114 Å². The Kier molecular flexibility index (Phi) is 4.64. The molecule has 19 heavy (non-hydrogen) atoms. The molecule has 0 aromatic heterocycles. The van der Waals surface area contributed by atoms with Gasteiger partial charge in [0.05, 0.1) is 19.3 Å². The van der Waals surface area contributed by atoms with E-state index < -0.39 is 0 Å². The van der Waals surface area contributed by atoms with Crippen LogP contribution in [0.4, 0.5) is 0 Å². The summed E-state index contributed by atoms with van der Waals surface area (Å²) in [5.74, 6) is 1.72. The first-order valence-corrected chi connectivity index (χ1v) is 6.63. The summed E-state index contributed by atoms with van der Waals surface area (Å²) in [6.45, 7) is 2.85. The highest BCUT2D eigenvalue weighted by molar-refractivity contribution is 5.52. The fourth-order valence-electron chi connectivity index (χ4n) is 2.52. The Balaban J connectivity index is 2.04. The Morgan fingerprint density at radius 1 is 1.47 bits per heavy atom. The van der Waals surface area contributed by atoms with Gasteiger partial charge in [-0.05, 0) is 38.6 Å². The fraction of sp³-hybridized carbons (Fsp3) is 0.533. The van der Waals surface area contributed by atoms with Crippen molar-refractivity contribution in [2.24, 2.45) is 5.92 Å². The number of nitrogens with zero attached hydrogens (tertiary/aromatic N) is 2. The van der Waals surface area contributed by atoms with E-state index in [0.717, 1.165) is 13.1 Å². The molecule has 0 saturated carbocycles. The lowest BCUT2D eigenvalue weighted by molar-refractivity contribution is 0.148. The normalized spacial score (nSPS) is 19.7. The summed E-state index contributed by atoms with van der Waals surface area (Å²) in [6, 6.07) is 7.53. The zero-order valence-electron chi connectivity index (χ0n) is 11.6. The van der Waals surface area contributed by atoms with E-state index >= 15 is 0 Å². The predicted octanol–water partition coefficient (Wildman–Crippen LogP) is 2.29. The van der Waals surface area contributed by atoms with Gasteiger partial charge in [0.15, 0.2) is 11.5 Å². The topological polar surface area (TPSA) is 45.5 Å². The summed E-state index contributed by atoms with van der Waals surface area (Å²) >= 11 is 0. The van der Waals surface area contributed by atoms with Crippen LogP contribution in [0.2, 0.25) is 0 Å². The first kappa shape index (κ1) is 13.7. The van der Waals surface area contributed by atoms with Crippen molar-refractivity contribution in [2.45, 2.75) is 12.8 Å². The smallest absolute Gasteiger partial charge is 0.178 e. The van der Waals surface area contributed by atoms with E-state index in [1.807, 2.05) is 6.07 Å². The van der Waals surface area contributed by atoms with Crippen molar-refractivity contribution in [3.8, 4) is 17.6 Å². The molecule has 0 spiro atoms. The number of hydrogen-bond acceptors (Lipinski definition) is 4. The van der Waals surface area contributed by atoms with E-state index in [2.05, 4.69) is 18.0 Å². The molecule has 1 aromatic carbocycles. The summed E-state index contributed by atoms with van der Waals surface area (Å²) in [5.41, 5.74) is 0.531. The summed E-state index contributed by atoms with van der Waals surface area (Å²) in [7, 11) is 3.73. The third-order valence-corrected chi connectivity index (χ3v) is 3.50. The van der Waals surface area contributed by atoms with Crippen LogP contribution in [0.1, 0.15) is 18.4 Å². The number of para-hydroxylation sites is 1. The van der Waals surface area contributed by atoms with E-state index in [1.165, 1.54) is 12.8 Å². The molecule has 0 amide bonds. The molecule has 102 valence electrons. The minimum atomic E-state index is 0.523. The number of rotatable bonds is 4. The molecule has 0 bridgehead atoms. The lowest BCUT2D eigenvalue weighted by Crippen LogP contribution is -2.34. The van der Waals surface area contributed by atoms with Crippen LogP contribution in [-0.4, -0.2) is 38.8 Å². The highest BCUT2D eigenvalue weighted by Gasteiger charge is 2.19. The first-order chi connectivity index (χ1) is 9.24. The van der Waals surface area contributed by atoms with Crippen molar-refractivity contribution < 1.29 is 9.47 Å². The molecule has 1 saturated heterocycles. The molecule has 0 N–H and O–H groups in total. The number of ether oxygens (including phenoxy) is 2. The lowest BCUT2D eigenvalue weighted by Gasteiger charge is -2.29. The van der Waals surface area contributed by atoms with Crippen LogP contribution in [0.15, 0.2) is 18.2 Å². The second kappa shape index (κ2) is 6.44. The fourth-order valence-corrected chi connectivity index (χ4v) is 2.52. The van der Waals surface area contributed by atoms with Crippen LogP contribution in [0.3, 0.4) is 0 Å². The maximum absolute atomic E-state index is 9.12.